The number of rotatable bonds is 16. The van der Waals surface area contributed by atoms with Crippen LogP contribution in [0, 0.1) is 0 Å². The zero-order valence-electron chi connectivity index (χ0n) is 20.2. The predicted octanol–water partition coefficient (Wildman–Crippen LogP) is 6.56. The van der Waals surface area contributed by atoms with E-state index in [-0.39, 0.29) is 11.5 Å². The number of ether oxygens (including phenoxy) is 1. The second-order valence-electron chi connectivity index (χ2n) is 8.49. The van der Waals surface area contributed by atoms with Crippen LogP contribution in [-0.2, 0) is 16.6 Å². The molecule has 0 amide bonds. The maximum absolute atomic E-state index is 12.3. The Bertz CT molecular complexity index is 925. The van der Waals surface area contributed by atoms with Crippen molar-refractivity contribution >= 4 is 17.7 Å². The Morgan fingerprint density at radius 3 is 2.15 bits per heavy atom. The summed E-state index contributed by atoms with van der Waals surface area (Å²) in [4.78, 5) is 28.3. The molecular formula is C27H38N2O3S. The minimum Gasteiger partial charge on any atom is -0.462 e. The van der Waals surface area contributed by atoms with E-state index in [4.69, 9.17) is 9.72 Å². The van der Waals surface area contributed by atoms with Gasteiger partial charge in [0.05, 0.1) is 12.3 Å². The molecule has 0 aliphatic rings. The van der Waals surface area contributed by atoms with Crippen LogP contribution in [0.2, 0.25) is 0 Å². The molecule has 6 heteroatoms. The highest BCUT2D eigenvalue weighted by Crippen LogP contribution is 2.21. The average molecular weight is 471 g/mol. The Morgan fingerprint density at radius 2 is 1.55 bits per heavy atom. The maximum Gasteiger partial charge on any atom is 0.333 e. The molecule has 0 radical (unpaired) electrons. The van der Waals surface area contributed by atoms with Crippen LogP contribution >= 0.6 is 11.8 Å². The number of esters is 1. The lowest BCUT2D eigenvalue weighted by molar-refractivity contribution is -0.139. The van der Waals surface area contributed by atoms with Crippen LogP contribution < -0.4 is 5.56 Å². The molecule has 2 aromatic rings. The average Bonchev–Trinajstić information content (AvgIpc) is 2.82. The smallest absolute Gasteiger partial charge is 0.333 e. The minimum absolute atomic E-state index is 0.0146. The van der Waals surface area contributed by atoms with Gasteiger partial charge in [-0.05, 0) is 19.8 Å². The van der Waals surface area contributed by atoms with E-state index < -0.39 is 0 Å². The fourth-order valence-electron chi connectivity index (χ4n) is 3.47. The third kappa shape index (κ3) is 10.4. The van der Waals surface area contributed by atoms with Crippen molar-refractivity contribution in [2.45, 2.75) is 76.3 Å². The van der Waals surface area contributed by atoms with Crippen LogP contribution in [-0.4, -0.2) is 27.9 Å². The zero-order chi connectivity index (χ0) is 23.9. The first-order chi connectivity index (χ1) is 16.0. The van der Waals surface area contributed by atoms with E-state index in [1.54, 1.807) is 36.4 Å². The van der Waals surface area contributed by atoms with Gasteiger partial charge in [0.15, 0.2) is 5.16 Å². The molecule has 1 heterocycles. The molecule has 2 rings (SSSR count). The van der Waals surface area contributed by atoms with Gasteiger partial charge in [0, 0.05) is 30.0 Å². The summed E-state index contributed by atoms with van der Waals surface area (Å²) in [6.07, 6.45) is 12.0. The SMILES string of the molecule is C=C(C)C(=O)OCCCCCCCCCCCCSc1nc(-c2ccccc2)cc(=O)n1C. The highest BCUT2D eigenvalue weighted by Gasteiger charge is 2.08. The molecule has 180 valence electrons. The monoisotopic (exact) mass is 470 g/mol. The maximum atomic E-state index is 12.3. The first kappa shape index (κ1) is 26.9. The quantitative estimate of drug-likeness (QED) is 0.0914. The van der Waals surface area contributed by atoms with E-state index in [0.717, 1.165) is 41.4 Å². The van der Waals surface area contributed by atoms with E-state index in [1.807, 2.05) is 30.3 Å². The zero-order valence-corrected chi connectivity index (χ0v) is 21.0. The number of benzene rings is 1. The van der Waals surface area contributed by atoms with E-state index in [9.17, 15) is 9.59 Å². The van der Waals surface area contributed by atoms with E-state index in [0.29, 0.717) is 12.2 Å². The van der Waals surface area contributed by atoms with Gasteiger partial charge >= 0.3 is 5.97 Å². The van der Waals surface area contributed by atoms with Crippen LogP contribution in [0.3, 0.4) is 0 Å². The molecule has 0 aliphatic carbocycles. The Balaban J connectivity index is 1.51. The lowest BCUT2D eigenvalue weighted by atomic mass is 10.1. The number of carbonyl (C=O) groups is 1. The molecular weight excluding hydrogens is 432 g/mol. The van der Waals surface area contributed by atoms with Crippen LogP contribution in [0.15, 0.2) is 58.5 Å². The number of carbonyl (C=O) groups excluding carboxylic acids is 1. The molecule has 0 aliphatic heterocycles. The summed E-state index contributed by atoms with van der Waals surface area (Å²) in [6.45, 7) is 5.76. The number of thioether (sulfide) groups is 1. The van der Waals surface area contributed by atoms with Crippen molar-refractivity contribution in [2.75, 3.05) is 12.4 Å². The summed E-state index contributed by atoms with van der Waals surface area (Å²) in [5, 5.41) is 0.788. The Hall–Kier alpha value is -2.34. The molecule has 0 saturated carbocycles. The van der Waals surface area contributed by atoms with Crippen molar-refractivity contribution in [2.24, 2.45) is 7.05 Å². The van der Waals surface area contributed by atoms with Crippen LogP contribution in [0.5, 0.6) is 0 Å². The summed E-state index contributed by atoms with van der Waals surface area (Å²) in [6, 6.07) is 11.5. The topological polar surface area (TPSA) is 61.2 Å². The van der Waals surface area contributed by atoms with E-state index in [1.165, 1.54) is 44.9 Å². The summed E-state index contributed by atoms with van der Waals surface area (Å²) in [5.41, 5.74) is 2.17. The fraction of sp³-hybridized carbons (Fsp3) is 0.519. The standard InChI is InChI=1S/C27H38N2O3S/c1-22(2)26(31)32-19-15-10-8-6-4-5-7-9-11-16-20-33-27-28-24(21-25(30)29(27)3)23-17-13-12-14-18-23/h12-14,17-18,21H,1,4-11,15-16,19-20H2,2-3H3. The molecule has 33 heavy (non-hydrogen) atoms. The summed E-state index contributed by atoms with van der Waals surface area (Å²) < 4.78 is 6.74. The third-order valence-corrected chi connectivity index (χ3v) is 6.63. The molecule has 0 saturated heterocycles. The summed E-state index contributed by atoms with van der Waals surface area (Å²) >= 11 is 1.67. The Morgan fingerprint density at radius 1 is 0.970 bits per heavy atom. The number of unbranched alkanes of at least 4 members (excludes halogenated alkanes) is 9. The van der Waals surface area contributed by atoms with Crippen LogP contribution in [0.1, 0.15) is 71.1 Å². The number of hydrogen-bond acceptors (Lipinski definition) is 5. The normalized spacial score (nSPS) is 10.8. The Kier molecular flexibility index (Phi) is 12.6. The molecule has 0 unspecified atom stereocenters. The molecule has 0 bridgehead atoms. The summed E-state index contributed by atoms with van der Waals surface area (Å²) in [7, 11) is 1.79. The second kappa shape index (κ2) is 15.5. The number of aromatic nitrogens is 2. The van der Waals surface area contributed by atoms with Crippen molar-refractivity contribution in [3.63, 3.8) is 0 Å². The molecule has 0 atom stereocenters. The number of nitrogens with zero attached hydrogens (tertiary/aromatic N) is 2. The van der Waals surface area contributed by atoms with Gasteiger partial charge in [-0.2, -0.15) is 0 Å². The largest absolute Gasteiger partial charge is 0.462 e. The number of hydrogen-bond donors (Lipinski definition) is 0. The minimum atomic E-state index is -0.283. The van der Waals surface area contributed by atoms with Gasteiger partial charge in [0.2, 0.25) is 0 Å². The van der Waals surface area contributed by atoms with Gasteiger partial charge < -0.3 is 4.74 Å². The first-order valence-corrected chi connectivity index (χ1v) is 13.1. The van der Waals surface area contributed by atoms with Crippen molar-refractivity contribution < 1.29 is 9.53 Å². The molecule has 0 fully saturated rings. The molecule has 1 aromatic carbocycles. The highest BCUT2D eigenvalue weighted by atomic mass is 32.2. The third-order valence-electron chi connectivity index (χ3n) is 5.51. The van der Waals surface area contributed by atoms with Gasteiger partial charge in [-0.1, -0.05) is 100 Å². The summed E-state index contributed by atoms with van der Waals surface area (Å²) in [5.74, 6) is 0.698. The first-order valence-electron chi connectivity index (χ1n) is 12.1. The van der Waals surface area contributed by atoms with Crippen molar-refractivity contribution in [3.05, 3.63) is 58.9 Å². The van der Waals surface area contributed by atoms with Gasteiger partial charge in [-0.15, -0.1) is 0 Å². The predicted molar refractivity (Wildman–Crippen MR) is 138 cm³/mol. The Labute approximate surface area is 202 Å². The lowest BCUT2D eigenvalue weighted by Gasteiger charge is -2.09. The van der Waals surface area contributed by atoms with E-state index >= 15 is 0 Å². The van der Waals surface area contributed by atoms with Gasteiger partial charge in [0.25, 0.3) is 5.56 Å². The highest BCUT2D eigenvalue weighted by molar-refractivity contribution is 7.99. The molecule has 1 aromatic heterocycles. The van der Waals surface area contributed by atoms with Crippen molar-refractivity contribution in [3.8, 4) is 11.3 Å². The van der Waals surface area contributed by atoms with Crippen molar-refractivity contribution in [1.82, 2.24) is 9.55 Å². The van der Waals surface area contributed by atoms with Crippen molar-refractivity contribution in [1.29, 1.82) is 0 Å². The second-order valence-corrected chi connectivity index (χ2v) is 9.55. The molecule has 0 N–H and O–H groups in total. The van der Waals surface area contributed by atoms with Gasteiger partial charge in [-0.3, -0.25) is 9.36 Å². The molecule has 0 spiro atoms. The lowest BCUT2D eigenvalue weighted by Crippen LogP contribution is -2.19. The van der Waals surface area contributed by atoms with E-state index in [2.05, 4.69) is 6.58 Å². The fourth-order valence-corrected chi connectivity index (χ4v) is 4.45. The van der Waals surface area contributed by atoms with Crippen LogP contribution in [0.25, 0.3) is 11.3 Å². The van der Waals surface area contributed by atoms with Gasteiger partial charge in [0.1, 0.15) is 0 Å². The molecule has 5 nitrogen and oxygen atoms in total. The van der Waals surface area contributed by atoms with Crippen LogP contribution in [0.4, 0.5) is 0 Å². The van der Waals surface area contributed by atoms with Gasteiger partial charge in [-0.25, -0.2) is 9.78 Å².